The van der Waals surface area contributed by atoms with Gasteiger partial charge in [-0.25, -0.2) is 4.98 Å². The SMILES string of the molecule is CCCCCN(c1nc(C)c(C=O)s1)C(C)C. The van der Waals surface area contributed by atoms with E-state index in [-0.39, 0.29) is 0 Å². The molecule has 0 aromatic carbocycles. The maximum absolute atomic E-state index is 10.8. The molecule has 0 radical (unpaired) electrons. The first-order valence-electron chi connectivity index (χ1n) is 6.29. The lowest BCUT2D eigenvalue weighted by Crippen LogP contribution is -2.31. The van der Waals surface area contributed by atoms with Crippen molar-refractivity contribution < 1.29 is 4.79 Å². The highest BCUT2D eigenvalue weighted by Crippen LogP contribution is 2.26. The van der Waals surface area contributed by atoms with E-state index in [9.17, 15) is 4.79 Å². The molecule has 0 spiro atoms. The van der Waals surface area contributed by atoms with E-state index in [2.05, 4.69) is 30.7 Å². The van der Waals surface area contributed by atoms with Gasteiger partial charge in [-0.15, -0.1) is 0 Å². The van der Waals surface area contributed by atoms with Crippen LogP contribution >= 0.6 is 11.3 Å². The fourth-order valence-electron chi connectivity index (χ4n) is 1.73. The van der Waals surface area contributed by atoms with Gasteiger partial charge in [0.25, 0.3) is 0 Å². The predicted octanol–water partition coefficient (Wildman–Crippen LogP) is 3.67. The molecule has 0 aliphatic heterocycles. The molecule has 0 unspecified atom stereocenters. The van der Waals surface area contributed by atoms with Crippen LogP contribution in [0.2, 0.25) is 0 Å². The van der Waals surface area contributed by atoms with Gasteiger partial charge in [0.1, 0.15) is 0 Å². The molecule has 0 aliphatic carbocycles. The van der Waals surface area contributed by atoms with Crippen molar-refractivity contribution in [2.24, 2.45) is 0 Å². The average molecular weight is 254 g/mol. The summed E-state index contributed by atoms with van der Waals surface area (Å²) in [5, 5.41) is 0.982. The van der Waals surface area contributed by atoms with Crippen molar-refractivity contribution in [2.45, 2.75) is 53.0 Å². The molecule has 0 amide bonds. The Morgan fingerprint density at radius 2 is 2.12 bits per heavy atom. The van der Waals surface area contributed by atoms with Crippen molar-refractivity contribution in [1.29, 1.82) is 0 Å². The van der Waals surface area contributed by atoms with Gasteiger partial charge in [-0.3, -0.25) is 4.79 Å². The lowest BCUT2D eigenvalue weighted by molar-refractivity contribution is 0.112. The zero-order chi connectivity index (χ0) is 12.8. The molecule has 1 aromatic rings. The van der Waals surface area contributed by atoms with Crippen LogP contribution in [-0.2, 0) is 0 Å². The summed E-state index contributed by atoms with van der Waals surface area (Å²) in [5.41, 5.74) is 0.848. The van der Waals surface area contributed by atoms with E-state index in [1.165, 1.54) is 30.6 Å². The van der Waals surface area contributed by atoms with Gasteiger partial charge in [-0.05, 0) is 27.2 Å². The minimum Gasteiger partial charge on any atom is -0.346 e. The van der Waals surface area contributed by atoms with Crippen LogP contribution in [0.3, 0.4) is 0 Å². The van der Waals surface area contributed by atoms with Gasteiger partial charge in [0.05, 0.1) is 10.6 Å². The molecule has 0 saturated heterocycles. The molecule has 96 valence electrons. The Kier molecular flexibility index (Phi) is 5.62. The van der Waals surface area contributed by atoms with E-state index in [0.717, 1.165) is 28.5 Å². The predicted molar refractivity (Wildman–Crippen MR) is 74.2 cm³/mol. The minimum atomic E-state index is 0.428. The number of nitrogens with zero attached hydrogens (tertiary/aromatic N) is 2. The van der Waals surface area contributed by atoms with E-state index in [1.807, 2.05) is 6.92 Å². The maximum Gasteiger partial charge on any atom is 0.186 e. The molecule has 1 aromatic heterocycles. The smallest absolute Gasteiger partial charge is 0.186 e. The molecule has 0 bridgehead atoms. The molecule has 17 heavy (non-hydrogen) atoms. The normalized spacial score (nSPS) is 10.9. The van der Waals surface area contributed by atoms with Gasteiger partial charge in [-0.1, -0.05) is 31.1 Å². The van der Waals surface area contributed by atoms with Crippen LogP contribution in [0.15, 0.2) is 0 Å². The van der Waals surface area contributed by atoms with Gasteiger partial charge in [0.15, 0.2) is 11.4 Å². The standard InChI is InChI=1S/C13H22N2OS/c1-5-6-7-8-15(10(2)3)13-14-11(4)12(9-16)17-13/h9-10H,5-8H2,1-4H3. The Labute approximate surface area is 108 Å². The van der Waals surface area contributed by atoms with Crippen molar-refractivity contribution in [2.75, 3.05) is 11.4 Å². The number of aldehydes is 1. The van der Waals surface area contributed by atoms with E-state index < -0.39 is 0 Å². The number of unbranched alkanes of at least 4 members (excludes halogenated alkanes) is 2. The second-order valence-corrected chi connectivity index (χ2v) is 5.57. The Balaban J connectivity index is 2.78. The molecular weight excluding hydrogens is 232 g/mol. The number of aryl methyl sites for hydroxylation is 1. The van der Waals surface area contributed by atoms with Crippen molar-refractivity contribution in [3.63, 3.8) is 0 Å². The summed E-state index contributed by atoms with van der Waals surface area (Å²) < 4.78 is 0. The number of aromatic nitrogens is 1. The summed E-state index contributed by atoms with van der Waals surface area (Å²) in [6.07, 6.45) is 4.56. The lowest BCUT2D eigenvalue weighted by atomic mass is 10.2. The third kappa shape index (κ3) is 3.80. The summed E-state index contributed by atoms with van der Waals surface area (Å²) in [7, 11) is 0. The van der Waals surface area contributed by atoms with Gasteiger partial charge < -0.3 is 4.90 Å². The maximum atomic E-state index is 10.8. The molecule has 1 rings (SSSR count). The Morgan fingerprint density at radius 3 is 2.59 bits per heavy atom. The van der Waals surface area contributed by atoms with Crippen molar-refractivity contribution in [1.82, 2.24) is 4.98 Å². The highest BCUT2D eigenvalue weighted by molar-refractivity contribution is 7.17. The minimum absolute atomic E-state index is 0.428. The van der Waals surface area contributed by atoms with Gasteiger partial charge in [0, 0.05) is 12.6 Å². The van der Waals surface area contributed by atoms with Crippen LogP contribution < -0.4 is 4.90 Å². The first-order valence-corrected chi connectivity index (χ1v) is 7.11. The average Bonchev–Trinajstić information content (AvgIpc) is 2.65. The second-order valence-electron chi connectivity index (χ2n) is 4.56. The molecular formula is C13H22N2OS. The van der Waals surface area contributed by atoms with Crippen LogP contribution in [0.1, 0.15) is 55.4 Å². The van der Waals surface area contributed by atoms with Gasteiger partial charge in [-0.2, -0.15) is 0 Å². The Bertz CT molecular complexity index is 360. The van der Waals surface area contributed by atoms with Crippen molar-refractivity contribution in [3.05, 3.63) is 10.6 Å². The number of hydrogen-bond donors (Lipinski definition) is 0. The number of thiazole rings is 1. The molecule has 0 fully saturated rings. The summed E-state index contributed by atoms with van der Waals surface area (Å²) in [6, 6.07) is 0.428. The third-order valence-corrected chi connectivity index (χ3v) is 3.92. The second kappa shape index (κ2) is 6.74. The van der Waals surface area contributed by atoms with Crippen LogP contribution in [0.25, 0.3) is 0 Å². The number of hydrogen-bond acceptors (Lipinski definition) is 4. The van der Waals surface area contributed by atoms with Crippen molar-refractivity contribution in [3.8, 4) is 0 Å². The van der Waals surface area contributed by atoms with E-state index in [4.69, 9.17) is 0 Å². The molecule has 0 N–H and O–H groups in total. The first kappa shape index (κ1) is 14.2. The molecule has 4 heteroatoms. The van der Waals surface area contributed by atoms with Crippen molar-refractivity contribution >= 4 is 22.8 Å². The number of rotatable bonds is 7. The molecule has 1 heterocycles. The highest BCUT2D eigenvalue weighted by atomic mass is 32.1. The van der Waals surface area contributed by atoms with Crippen LogP contribution in [0.4, 0.5) is 5.13 Å². The van der Waals surface area contributed by atoms with Gasteiger partial charge in [0.2, 0.25) is 0 Å². The molecule has 0 atom stereocenters. The highest BCUT2D eigenvalue weighted by Gasteiger charge is 2.16. The topological polar surface area (TPSA) is 33.2 Å². The fourth-order valence-corrected chi connectivity index (χ4v) is 2.77. The number of carbonyl (C=O) groups is 1. The third-order valence-electron chi connectivity index (χ3n) is 2.80. The zero-order valence-electron chi connectivity index (χ0n) is 11.2. The zero-order valence-corrected chi connectivity index (χ0v) is 12.0. The monoisotopic (exact) mass is 254 g/mol. The Morgan fingerprint density at radius 1 is 1.41 bits per heavy atom. The fraction of sp³-hybridized carbons (Fsp3) is 0.692. The summed E-state index contributed by atoms with van der Waals surface area (Å²) in [5.74, 6) is 0. The quantitative estimate of drug-likeness (QED) is 0.550. The number of carbonyl (C=O) groups excluding carboxylic acids is 1. The van der Waals surface area contributed by atoms with E-state index >= 15 is 0 Å². The van der Waals surface area contributed by atoms with E-state index in [0.29, 0.717) is 6.04 Å². The lowest BCUT2D eigenvalue weighted by Gasteiger charge is -2.26. The molecule has 0 saturated carbocycles. The van der Waals surface area contributed by atoms with Crippen LogP contribution in [0, 0.1) is 6.92 Å². The number of anilines is 1. The molecule has 3 nitrogen and oxygen atoms in total. The molecule has 0 aliphatic rings. The summed E-state index contributed by atoms with van der Waals surface area (Å²) in [4.78, 5) is 18.4. The first-order chi connectivity index (χ1) is 8.10. The Hall–Kier alpha value is -0.900. The van der Waals surface area contributed by atoms with Crippen LogP contribution in [0.5, 0.6) is 0 Å². The summed E-state index contributed by atoms with van der Waals surface area (Å²) in [6.45, 7) is 9.47. The summed E-state index contributed by atoms with van der Waals surface area (Å²) >= 11 is 1.50. The van der Waals surface area contributed by atoms with Gasteiger partial charge >= 0.3 is 0 Å². The van der Waals surface area contributed by atoms with E-state index in [1.54, 1.807) is 0 Å². The largest absolute Gasteiger partial charge is 0.346 e. The van der Waals surface area contributed by atoms with Crippen LogP contribution in [-0.4, -0.2) is 23.9 Å².